The maximum Gasteiger partial charge on any atom is 0.311 e. The van der Waals surface area contributed by atoms with E-state index in [1.807, 2.05) is 18.2 Å². The van der Waals surface area contributed by atoms with Crippen LogP contribution < -0.4 is 35.9 Å². The summed E-state index contributed by atoms with van der Waals surface area (Å²) in [7, 11) is 1.47. The van der Waals surface area contributed by atoms with Crippen LogP contribution in [0.4, 0.5) is 0 Å². The number of aryl methyl sites for hydroxylation is 1. The number of benzene rings is 2. The Labute approximate surface area is 346 Å². The highest BCUT2D eigenvalue weighted by Crippen LogP contribution is 2.68. The first kappa shape index (κ1) is 42.6. The van der Waals surface area contributed by atoms with E-state index >= 15 is 0 Å². The van der Waals surface area contributed by atoms with E-state index in [0.29, 0.717) is 55.9 Å². The molecule has 0 aromatic heterocycles. The molecule has 322 valence electrons. The van der Waals surface area contributed by atoms with Crippen LogP contribution in [-0.2, 0) is 16.0 Å². The summed E-state index contributed by atoms with van der Waals surface area (Å²) < 4.78 is 24.6. The lowest BCUT2D eigenvalue weighted by molar-refractivity contribution is -0.160. The van der Waals surface area contributed by atoms with Gasteiger partial charge in [0.25, 0.3) is 0 Å². The minimum Gasteiger partial charge on any atom is -0.504 e. The van der Waals surface area contributed by atoms with E-state index in [4.69, 9.17) is 24.7 Å². The number of rotatable bonds is 15. The average Bonchev–Trinajstić information content (AvgIpc) is 3.84. The van der Waals surface area contributed by atoms with Crippen LogP contribution in [0.15, 0.2) is 66.0 Å². The van der Waals surface area contributed by atoms with Crippen molar-refractivity contribution in [3.8, 4) is 28.7 Å². The lowest BCUT2D eigenvalue weighted by atomic mass is 9.46. The standard InChI is InChI=1S/C45H62N4O10/c1-26-22-44(13-4-5-14-44)45(33(9-10-34(45)43(54)55)29-12-15-48-41(46)19-29)40(49-26)24-57-39-18-30(17-38(56-3)42(39)53)36-21-31(51)20-32(59-36)8-6-28-7-11-35(52)37(16-28)58-25-47-23-27(2)50/h7,9-12,16-19,26-27,31-34,36,40,47-53H,4-6,8,13-15,20-25,46H2,1-3H3,(H,54,55)/t26-,27-,31-,32-,33-,34+,36-,40+,45+/m0/s1. The van der Waals surface area contributed by atoms with Crippen LogP contribution in [-0.4, -0.2) is 95.4 Å². The number of carbonyl (C=O) groups is 1. The number of methoxy groups -OCH3 is 1. The third kappa shape index (κ3) is 8.74. The number of nitrogens with one attached hydrogen (secondary N) is 3. The number of carboxylic acids is 1. The first-order valence-electron chi connectivity index (χ1n) is 21.1. The summed E-state index contributed by atoms with van der Waals surface area (Å²) in [5, 5.41) is 63.2. The molecule has 0 amide bonds. The summed E-state index contributed by atoms with van der Waals surface area (Å²) in [5.74, 6) is -0.737. The Morgan fingerprint density at radius 1 is 1.08 bits per heavy atom. The van der Waals surface area contributed by atoms with Crippen molar-refractivity contribution in [2.24, 2.45) is 28.4 Å². The van der Waals surface area contributed by atoms with Crippen LogP contribution in [0.1, 0.15) is 82.4 Å². The highest BCUT2D eigenvalue weighted by atomic mass is 16.5. The third-order valence-electron chi connectivity index (χ3n) is 13.3. The summed E-state index contributed by atoms with van der Waals surface area (Å²) in [5.41, 5.74) is 7.87. The van der Waals surface area contributed by atoms with Gasteiger partial charge in [-0.3, -0.25) is 10.1 Å². The number of piperidine rings is 1. The topological polar surface area (TPSA) is 217 Å². The molecular weight excluding hydrogens is 757 g/mol. The number of aliphatic carboxylic acids is 1. The molecule has 2 aliphatic carbocycles. The summed E-state index contributed by atoms with van der Waals surface area (Å²) in [4.78, 5) is 13.3. The molecule has 0 unspecified atom stereocenters. The van der Waals surface area contributed by atoms with E-state index in [9.17, 15) is 30.3 Å². The number of allylic oxidation sites excluding steroid dienone is 3. The van der Waals surface area contributed by atoms with Gasteiger partial charge < -0.3 is 60.8 Å². The van der Waals surface area contributed by atoms with Gasteiger partial charge in [0, 0.05) is 42.9 Å². The fraction of sp³-hybridized carbons (Fsp3) is 0.578. The van der Waals surface area contributed by atoms with Gasteiger partial charge in [-0.15, -0.1) is 0 Å². The predicted octanol–water partition coefficient (Wildman–Crippen LogP) is 4.52. The molecule has 14 nitrogen and oxygen atoms in total. The number of aliphatic hydroxyl groups is 2. The second kappa shape index (κ2) is 18.0. The molecule has 0 bridgehead atoms. The molecule has 59 heavy (non-hydrogen) atoms. The number of hydrogen-bond acceptors (Lipinski definition) is 13. The number of hydrogen-bond donors (Lipinski definition) is 9. The number of ether oxygens (including phenoxy) is 4. The number of phenols is 2. The van der Waals surface area contributed by atoms with Gasteiger partial charge >= 0.3 is 5.97 Å². The highest BCUT2D eigenvalue weighted by molar-refractivity contribution is 5.75. The first-order chi connectivity index (χ1) is 28.3. The Bertz CT molecular complexity index is 1910. The van der Waals surface area contributed by atoms with Crippen molar-refractivity contribution in [3.63, 3.8) is 0 Å². The van der Waals surface area contributed by atoms with Crippen LogP contribution in [0.2, 0.25) is 0 Å². The summed E-state index contributed by atoms with van der Waals surface area (Å²) in [6, 6.07) is 8.35. The zero-order chi connectivity index (χ0) is 41.9. The third-order valence-corrected chi connectivity index (χ3v) is 13.3. The van der Waals surface area contributed by atoms with Crippen molar-refractivity contribution < 1.29 is 49.3 Å². The van der Waals surface area contributed by atoms with Crippen LogP contribution in [0.3, 0.4) is 0 Å². The van der Waals surface area contributed by atoms with Gasteiger partial charge in [0.05, 0.1) is 43.3 Å². The van der Waals surface area contributed by atoms with Crippen LogP contribution in [0.5, 0.6) is 28.7 Å². The molecule has 3 heterocycles. The Morgan fingerprint density at radius 2 is 1.86 bits per heavy atom. The van der Waals surface area contributed by atoms with Gasteiger partial charge in [-0.1, -0.05) is 37.1 Å². The molecule has 9 atom stereocenters. The zero-order valence-corrected chi connectivity index (χ0v) is 34.4. The zero-order valence-electron chi connectivity index (χ0n) is 34.4. The highest BCUT2D eigenvalue weighted by Gasteiger charge is 2.68. The molecule has 14 heteroatoms. The number of nitrogens with two attached hydrogens (primary N) is 1. The lowest BCUT2D eigenvalue weighted by Crippen LogP contribution is -2.69. The molecular formula is C45H62N4O10. The van der Waals surface area contributed by atoms with Gasteiger partial charge in [0.2, 0.25) is 5.75 Å². The Balaban J connectivity index is 1.12. The van der Waals surface area contributed by atoms with E-state index in [2.05, 4.69) is 35.0 Å². The molecule has 3 aliphatic heterocycles. The van der Waals surface area contributed by atoms with Crippen molar-refractivity contribution in [2.45, 2.75) is 108 Å². The normalized spacial score (nSPS) is 30.4. The molecule has 2 aromatic carbocycles. The van der Waals surface area contributed by atoms with Gasteiger partial charge in [-0.05, 0) is 105 Å². The van der Waals surface area contributed by atoms with Crippen molar-refractivity contribution in [1.82, 2.24) is 16.0 Å². The van der Waals surface area contributed by atoms with Crippen LogP contribution in [0.25, 0.3) is 0 Å². The van der Waals surface area contributed by atoms with Gasteiger partial charge in [-0.2, -0.15) is 0 Å². The smallest absolute Gasteiger partial charge is 0.311 e. The number of aliphatic hydroxyl groups excluding tert-OH is 2. The Hall–Kier alpha value is -4.47. The maximum absolute atomic E-state index is 13.3. The monoisotopic (exact) mass is 818 g/mol. The largest absolute Gasteiger partial charge is 0.504 e. The Kier molecular flexibility index (Phi) is 13.0. The fourth-order valence-corrected chi connectivity index (χ4v) is 11.0. The van der Waals surface area contributed by atoms with Crippen LogP contribution in [0, 0.1) is 22.7 Å². The molecule has 1 saturated carbocycles. The minimum atomic E-state index is -0.864. The van der Waals surface area contributed by atoms with Crippen molar-refractivity contribution in [2.75, 3.05) is 33.5 Å². The second-order valence-electron chi connectivity index (χ2n) is 17.3. The maximum atomic E-state index is 13.3. The number of phenolic OH excluding ortho intramolecular Hbond substituents is 2. The van der Waals surface area contributed by atoms with Gasteiger partial charge in [0.15, 0.2) is 23.0 Å². The predicted molar refractivity (Wildman–Crippen MR) is 221 cm³/mol. The van der Waals surface area contributed by atoms with Crippen LogP contribution >= 0.6 is 0 Å². The molecule has 2 saturated heterocycles. The molecule has 5 aliphatic rings. The number of aromatic hydroxyl groups is 2. The summed E-state index contributed by atoms with van der Waals surface area (Å²) in [6.07, 6.45) is 12.7. The molecule has 3 fully saturated rings. The van der Waals surface area contributed by atoms with E-state index in [1.165, 1.54) is 7.11 Å². The molecule has 2 aromatic rings. The van der Waals surface area contributed by atoms with Crippen molar-refractivity contribution >= 4 is 5.97 Å². The van der Waals surface area contributed by atoms with Crippen molar-refractivity contribution in [3.05, 3.63) is 77.2 Å². The quantitative estimate of drug-likeness (QED) is 0.0687. The Morgan fingerprint density at radius 3 is 2.59 bits per heavy atom. The number of dihydropyridines is 1. The van der Waals surface area contributed by atoms with E-state index < -0.39 is 41.7 Å². The van der Waals surface area contributed by atoms with E-state index in [-0.39, 0.29) is 59.8 Å². The number of carboxylic acid groups (broad SMARTS) is 1. The molecule has 2 spiro atoms. The molecule has 0 radical (unpaired) electrons. The van der Waals surface area contributed by atoms with E-state index in [1.54, 1.807) is 31.2 Å². The molecule has 7 rings (SSSR count). The average molecular weight is 819 g/mol. The SMILES string of the molecule is COc1cc([C@@H]2C[C@@H](O)C[C@H](CCc3ccc(O)c(OCNC[C@H](C)O)c3)O2)cc(OC[C@H]2N[C@@H](C)CC3(CCCC3)[C@]23[C@@H](C(=O)O)C=C[C@H]3C2=CCNC(N)=C2)c1O. The summed E-state index contributed by atoms with van der Waals surface area (Å²) >= 11 is 0. The molecule has 10 N–H and O–H groups in total. The number of fused-ring (bicyclic) bond motifs is 1. The van der Waals surface area contributed by atoms with Crippen molar-refractivity contribution in [1.29, 1.82) is 0 Å². The van der Waals surface area contributed by atoms with E-state index in [0.717, 1.165) is 43.2 Å². The lowest BCUT2D eigenvalue weighted by Gasteiger charge is -2.61. The summed E-state index contributed by atoms with van der Waals surface area (Å²) in [6.45, 7) is 4.97. The fourth-order valence-electron chi connectivity index (χ4n) is 11.0. The second-order valence-corrected chi connectivity index (χ2v) is 17.3. The van der Waals surface area contributed by atoms with Gasteiger partial charge in [-0.25, -0.2) is 0 Å². The minimum absolute atomic E-state index is 0.0150. The first-order valence-corrected chi connectivity index (χ1v) is 21.1. The van der Waals surface area contributed by atoms with Gasteiger partial charge in [0.1, 0.15) is 13.3 Å².